The summed E-state index contributed by atoms with van der Waals surface area (Å²) < 4.78 is 29.1. The Labute approximate surface area is 422 Å². The third kappa shape index (κ3) is 8.69. The van der Waals surface area contributed by atoms with Crippen LogP contribution in [0.25, 0.3) is 11.1 Å². The molecule has 0 bridgehead atoms. The van der Waals surface area contributed by atoms with Crippen molar-refractivity contribution in [2.75, 3.05) is 59.8 Å². The Hall–Kier alpha value is -6.43. The Kier molecular flexibility index (Phi) is 11.4. The highest BCUT2D eigenvalue weighted by Gasteiger charge is 2.41. The van der Waals surface area contributed by atoms with Crippen LogP contribution in [0.15, 0.2) is 61.1 Å². The smallest absolute Gasteiger partial charge is 0.269 e. The Balaban J connectivity index is 0.758. The third-order valence-electron chi connectivity index (χ3n) is 15.6. The molecule has 4 atom stereocenters. The van der Waals surface area contributed by atoms with Crippen LogP contribution >= 0.6 is 11.3 Å². The van der Waals surface area contributed by atoms with E-state index in [9.17, 15) is 24.3 Å². The number of hydrogen-bond acceptors (Lipinski definition) is 14. The van der Waals surface area contributed by atoms with Gasteiger partial charge in [-0.25, -0.2) is 15.0 Å². The average molecular weight is 982 g/mol. The molecule has 4 amide bonds. The lowest BCUT2D eigenvalue weighted by Crippen LogP contribution is -2.58. The molecular weight excluding hydrogens is 917 g/mol. The van der Waals surface area contributed by atoms with Crippen molar-refractivity contribution < 1.29 is 33.1 Å². The van der Waals surface area contributed by atoms with Gasteiger partial charge >= 0.3 is 0 Å². The quantitative estimate of drug-likeness (QED) is 0.122. The molecule has 71 heavy (non-hydrogen) atoms. The number of imide groups is 1. The molecule has 0 radical (unpaired) electrons. The fourth-order valence-electron chi connectivity index (χ4n) is 12.1. The number of methoxy groups -OCH3 is 1. The van der Waals surface area contributed by atoms with Crippen molar-refractivity contribution in [2.24, 2.45) is 0 Å². The number of nitrogens with one attached hydrogen (secondary N) is 2. The molecule has 9 heterocycles. The highest BCUT2D eigenvalue weighted by molar-refractivity contribution is 7.14. The van der Waals surface area contributed by atoms with Crippen LogP contribution in [0.3, 0.4) is 0 Å². The minimum atomic E-state index is -2.79. The molecule has 17 heteroatoms. The molecule has 6 aliphatic rings. The van der Waals surface area contributed by atoms with Gasteiger partial charge in [-0.3, -0.25) is 34.3 Å². The number of hydrogen-bond donors (Lipinski definition) is 3. The fraction of sp³-hybridized carbons (Fsp3) is 0.463. The number of amides is 4. The number of aliphatic hydroxyl groups is 1. The molecule has 370 valence electrons. The standard InChI is InChI=1S/C54H62N10O6S/c1-31-24-35(17-20-61(31)36-10-12-39-34(25-36)30-64(52(39)67)43-13-15-46(65)59-50(43)66)60-22-23-62(32(2)29-60)37-11-14-45(56-28-37)58-42-26-33(27-57-51(42)70-5)38-16-19-55-49(47(38)54(3,4)69)63-21-18-41-40-8-6-7-9-44(40)71-48(41)53(63)68/h10-12,14,16,19,25-28,31-32,35,43,69H,6-9,13,15,17-18,20-24,29-30H2,1-5H3,(H,56,58)(H,59,65,66)/t31-,32-,35?,43-/m0/s1/i5D3. The van der Waals surface area contributed by atoms with Gasteiger partial charge in [-0.15, -0.1) is 11.3 Å². The number of carbonyl (C=O) groups excluding carboxylic acids is 4. The van der Waals surface area contributed by atoms with E-state index >= 15 is 0 Å². The monoisotopic (exact) mass is 981 g/mol. The molecule has 5 aliphatic heterocycles. The highest BCUT2D eigenvalue weighted by atomic mass is 32.1. The molecule has 3 saturated heterocycles. The van der Waals surface area contributed by atoms with Crippen LogP contribution < -0.4 is 30.1 Å². The van der Waals surface area contributed by atoms with E-state index in [-0.39, 0.29) is 47.8 Å². The number of carbonyl (C=O) groups is 4. The maximum absolute atomic E-state index is 14.3. The number of fused-ring (bicyclic) bond motifs is 4. The van der Waals surface area contributed by atoms with Crippen LogP contribution in [-0.4, -0.2) is 117 Å². The van der Waals surface area contributed by atoms with Crippen molar-refractivity contribution in [1.29, 1.82) is 0 Å². The Morgan fingerprint density at radius 1 is 0.831 bits per heavy atom. The second-order valence-corrected chi connectivity index (χ2v) is 21.7. The molecule has 3 fully saturated rings. The second kappa shape index (κ2) is 18.6. The molecule has 0 saturated carbocycles. The van der Waals surface area contributed by atoms with Crippen LogP contribution in [0.4, 0.5) is 28.7 Å². The summed E-state index contributed by atoms with van der Waals surface area (Å²) in [7, 11) is -2.79. The number of rotatable bonds is 10. The number of ether oxygens (including phenoxy) is 1. The number of nitrogens with zero attached hydrogens (tertiary/aromatic N) is 8. The zero-order valence-corrected chi connectivity index (χ0v) is 41.5. The highest BCUT2D eigenvalue weighted by Crippen LogP contribution is 2.44. The third-order valence-corrected chi connectivity index (χ3v) is 16.9. The molecule has 3 N–H and O–H groups in total. The predicted octanol–water partition coefficient (Wildman–Crippen LogP) is 6.99. The van der Waals surface area contributed by atoms with Gasteiger partial charge < -0.3 is 29.9 Å². The van der Waals surface area contributed by atoms with Crippen LogP contribution in [0.5, 0.6) is 5.88 Å². The number of aromatic nitrogens is 3. The van der Waals surface area contributed by atoms with Gasteiger partial charge in [-0.05, 0) is 144 Å². The number of benzene rings is 1. The first-order valence-electron chi connectivity index (χ1n) is 26.5. The van der Waals surface area contributed by atoms with E-state index in [1.807, 2.05) is 30.5 Å². The number of anilines is 5. The van der Waals surface area contributed by atoms with Crippen molar-refractivity contribution in [3.05, 3.63) is 98.6 Å². The van der Waals surface area contributed by atoms with E-state index in [4.69, 9.17) is 18.8 Å². The average Bonchev–Trinajstić information content (AvgIpc) is 3.91. The summed E-state index contributed by atoms with van der Waals surface area (Å²) >= 11 is 1.60. The first kappa shape index (κ1) is 43.4. The van der Waals surface area contributed by atoms with E-state index in [0.717, 1.165) is 92.1 Å². The van der Waals surface area contributed by atoms with Crippen LogP contribution in [-0.2, 0) is 41.0 Å². The van der Waals surface area contributed by atoms with Crippen LogP contribution in [0.1, 0.15) is 117 Å². The minimum Gasteiger partial charge on any atom is -0.480 e. The minimum absolute atomic E-state index is 0.113. The summed E-state index contributed by atoms with van der Waals surface area (Å²) in [5, 5.41) is 17.4. The first-order chi connectivity index (χ1) is 35.4. The SMILES string of the molecule is [2H]C([2H])([2H])Oc1ncc(-c2ccnc(N3CCc4c(sc5c4CCCC5)C3=O)c2C(C)(C)O)cc1Nc1ccc(N2CCN(C3CCN(c4ccc5c(c4)CN([C@H]4CCC(=O)NC4=O)C5=O)[C@@H](C)C3)C[C@@H]2C)cn1. The normalized spacial score (nSPS) is 23.6. The molecule has 4 aromatic heterocycles. The number of thiophene rings is 1. The lowest BCUT2D eigenvalue weighted by atomic mass is 9.89. The Morgan fingerprint density at radius 2 is 1.66 bits per heavy atom. The van der Waals surface area contributed by atoms with E-state index in [2.05, 4.69) is 50.2 Å². The largest absolute Gasteiger partial charge is 0.480 e. The van der Waals surface area contributed by atoms with Crippen molar-refractivity contribution >= 4 is 63.7 Å². The maximum atomic E-state index is 14.3. The second-order valence-electron chi connectivity index (χ2n) is 20.5. The number of piperazine rings is 1. The maximum Gasteiger partial charge on any atom is 0.269 e. The van der Waals surface area contributed by atoms with Crippen molar-refractivity contribution in [1.82, 2.24) is 30.1 Å². The number of pyridine rings is 3. The lowest BCUT2D eigenvalue weighted by molar-refractivity contribution is -0.136. The fourth-order valence-corrected chi connectivity index (χ4v) is 13.4. The summed E-state index contributed by atoms with van der Waals surface area (Å²) in [6, 6.07) is 13.6. The lowest BCUT2D eigenvalue weighted by Gasteiger charge is -2.48. The predicted molar refractivity (Wildman–Crippen MR) is 274 cm³/mol. The first-order valence-corrected chi connectivity index (χ1v) is 25.8. The van der Waals surface area contributed by atoms with Gasteiger partial charge in [-0.1, -0.05) is 0 Å². The van der Waals surface area contributed by atoms with Crippen molar-refractivity contribution in [3.8, 4) is 17.0 Å². The van der Waals surface area contributed by atoms with Gasteiger partial charge in [0.1, 0.15) is 23.4 Å². The Bertz CT molecular complexity index is 3050. The van der Waals surface area contributed by atoms with E-state index in [1.165, 1.54) is 16.6 Å². The van der Waals surface area contributed by atoms with Gasteiger partial charge in [-0.2, -0.15) is 0 Å². The van der Waals surface area contributed by atoms with E-state index < -0.39 is 24.6 Å². The molecular formula is C54H62N10O6S. The van der Waals surface area contributed by atoms with Gasteiger partial charge in [0.2, 0.25) is 17.7 Å². The molecule has 1 unspecified atom stereocenters. The molecule has 1 aromatic carbocycles. The van der Waals surface area contributed by atoms with Crippen LogP contribution in [0.2, 0.25) is 0 Å². The topological polar surface area (TPSA) is 177 Å². The zero-order chi connectivity index (χ0) is 51.8. The summed E-state index contributed by atoms with van der Waals surface area (Å²) in [5.74, 6) is -0.307. The number of piperidine rings is 2. The molecule has 11 rings (SSSR count). The van der Waals surface area contributed by atoms with Gasteiger partial charge in [0.05, 0.1) is 33.5 Å². The zero-order valence-electron chi connectivity index (χ0n) is 43.7. The summed E-state index contributed by atoms with van der Waals surface area (Å²) in [4.78, 5) is 78.7. The van der Waals surface area contributed by atoms with E-state index in [0.29, 0.717) is 65.9 Å². The molecule has 1 aliphatic carbocycles. The van der Waals surface area contributed by atoms with Crippen molar-refractivity contribution in [3.63, 3.8) is 0 Å². The number of aryl methyl sites for hydroxylation is 1. The molecule has 5 aromatic rings. The van der Waals surface area contributed by atoms with Gasteiger partial charge in [0, 0.05) is 103 Å². The summed E-state index contributed by atoms with van der Waals surface area (Å²) in [6.07, 6.45) is 12.5. The Morgan fingerprint density at radius 3 is 2.44 bits per heavy atom. The van der Waals surface area contributed by atoms with E-state index in [1.54, 1.807) is 53.3 Å². The van der Waals surface area contributed by atoms with Gasteiger partial charge in [0.25, 0.3) is 11.8 Å². The summed E-state index contributed by atoms with van der Waals surface area (Å²) in [5.41, 5.74) is 6.47. The van der Waals surface area contributed by atoms with Crippen LogP contribution in [0, 0.1) is 0 Å². The summed E-state index contributed by atoms with van der Waals surface area (Å²) in [6.45, 7) is 12.1. The molecule has 0 spiro atoms. The van der Waals surface area contributed by atoms with Gasteiger partial charge in [0.15, 0.2) is 0 Å². The molecule has 16 nitrogen and oxygen atoms in total. The van der Waals surface area contributed by atoms with Crippen molar-refractivity contribution in [2.45, 2.75) is 122 Å².